The van der Waals surface area contributed by atoms with Gasteiger partial charge in [0.25, 0.3) is 5.91 Å². The van der Waals surface area contributed by atoms with Gasteiger partial charge in [-0.3, -0.25) is 4.79 Å². The number of carbonyl (C=O) groups excluding carboxylic acids is 1. The number of primary sulfonamides is 1. The lowest BCUT2D eigenvalue weighted by atomic mass is 10.3. The first-order valence-electron chi connectivity index (χ1n) is 4.99. The number of nitrogens with one attached hydrogen (secondary N) is 1. The van der Waals surface area contributed by atoms with Crippen molar-refractivity contribution >= 4 is 15.9 Å². The van der Waals surface area contributed by atoms with Crippen LogP contribution in [-0.2, 0) is 10.0 Å². The van der Waals surface area contributed by atoms with Gasteiger partial charge in [0.1, 0.15) is 10.7 Å². The highest BCUT2D eigenvalue weighted by molar-refractivity contribution is 7.89. The van der Waals surface area contributed by atoms with Crippen LogP contribution in [0.2, 0.25) is 0 Å². The SMILES string of the molecule is Cc1oc(C(=O)NCCC(F)(F)F)cc1S(N)(=O)=O. The van der Waals surface area contributed by atoms with Crippen LogP contribution in [0.5, 0.6) is 0 Å². The molecule has 0 fully saturated rings. The molecular formula is C9H11F3N2O4S. The number of hydrogen-bond acceptors (Lipinski definition) is 4. The van der Waals surface area contributed by atoms with Crippen molar-refractivity contribution in [2.75, 3.05) is 6.54 Å². The van der Waals surface area contributed by atoms with Crippen molar-refractivity contribution in [3.8, 4) is 0 Å². The Morgan fingerprint density at radius 2 is 2.05 bits per heavy atom. The fourth-order valence-electron chi connectivity index (χ4n) is 1.26. The van der Waals surface area contributed by atoms with Gasteiger partial charge in [-0.2, -0.15) is 13.2 Å². The van der Waals surface area contributed by atoms with Gasteiger partial charge in [0.2, 0.25) is 10.0 Å². The predicted octanol–water partition coefficient (Wildman–Crippen LogP) is 0.918. The maximum atomic E-state index is 11.9. The van der Waals surface area contributed by atoms with Gasteiger partial charge in [-0.25, -0.2) is 13.6 Å². The summed E-state index contributed by atoms with van der Waals surface area (Å²) in [5.41, 5.74) is 0. The van der Waals surface area contributed by atoms with Crippen LogP contribution < -0.4 is 10.5 Å². The Morgan fingerprint density at radius 1 is 1.47 bits per heavy atom. The van der Waals surface area contributed by atoms with Crippen LogP contribution >= 0.6 is 0 Å². The largest absolute Gasteiger partial charge is 0.455 e. The second-order valence-electron chi connectivity index (χ2n) is 3.70. The third-order valence-corrected chi connectivity index (χ3v) is 3.11. The summed E-state index contributed by atoms with van der Waals surface area (Å²) in [6.07, 6.45) is -5.58. The van der Waals surface area contributed by atoms with Gasteiger partial charge in [0, 0.05) is 12.6 Å². The van der Waals surface area contributed by atoms with E-state index in [2.05, 4.69) is 0 Å². The van der Waals surface area contributed by atoms with Crippen LogP contribution in [0.3, 0.4) is 0 Å². The van der Waals surface area contributed by atoms with Crippen molar-refractivity contribution in [1.29, 1.82) is 0 Å². The normalized spacial score (nSPS) is 12.5. The summed E-state index contributed by atoms with van der Waals surface area (Å²) >= 11 is 0. The van der Waals surface area contributed by atoms with Crippen LogP contribution in [0.1, 0.15) is 22.7 Å². The van der Waals surface area contributed by atoms with Crippen molar-refractivity contribution in [3.63, 3.8) is 0 Å². The van der Waals surface area contributed by atoms with Gasteiger partial charge < -0.3 is 9.73 Å². The van der Waals surface area contributed by atoms with E-state index < -0.39 is 40.8 Å². The van der Waals surface area contributed by atoms with Gasteiger partial charge in [-0.15, -0.1) is 0 Å². The molecule has 0 spiro atoms. The van der Waals surface area contributed by atoms with E-state index >= 15 is 0 Å². The third kappa shape index (κ3) is 4.56. The van der Waals surface area contributed by atoms with E-state index in [1.54, 1.807) is 0 Å². The maximum absolute atomic E-state index is 11.9. The van der Waals surface area contributed by atoms with E-state index in [0.29, 0.717) is 0 Å². The van der Waals surface area contributed by atoms with Crippen LogP contribution in [0.15, 0.2) is 15.4 Å². The summed E-state index contributed by atoms with van der Waals surface area (Å²) in [4.78, 5) is 11.0. The first-order chi connectivity index (χ1) is 8.50. The summed E-state index contributed by atoms with van der Waals surface area (Å²) in [6.45, 7) is 0.638. The Kier molecular flexibility index (Phi) is 4.25. The smallest absolute Gasteiger partial charge is 0.390 e. The van der Waals surface area contributed by atoms with Crippen molar-refractivity contribution in [1.82, 2.24) is 5.32 Å². The fourth-order valence-corrected chi connectivity index (χ4v) is 1.98. The monoisotopic (exact) mass is 300 g/mol. The molecule has 1 amide bonds. The molecule has 108 valence electrons. The molecule has 1 aromatic rings. The number of hydrogen-bond donors (Lipinski definition) is 2. The number of furan rings is 1. The Hall–Kier alpha value is -1.55. The number of amides is 1. The van der Waals surface area contributed by atoms with Gasteiger partial charge in [-0.1, -0.05) is 0 Å². The van der Waals surface area contributed by atoms with E-state index in [4.69, 9.17) is 9.56 Å². The summed E-state index contributed by atoms with van der Waals surface area (Å²) in [5, 5.41) is 6.82. The summed E-state index contributed by atoms with van der Waals surface area (Å²) < 4.78 is 62.6. The first-order valence-corrected chi connectivity index (χ1v) is 6.53. The van der Waals surface area contributed by atoms with Gasteiger partial charge >= 0.3 is 6.18 Å². The Morgan fingerprint density at radius 3 is 2.47 bits per heavy atom. The Labute approximate surface area is 106 Å². The molecule has 0 saturated carbocycles. The van der Waals surface area contributed by atoms with E-state index in [-0.39, 0.29) is 10.7 Å². The second kappa shape index (κ2) is 5.21. The van der Waals surface area contributed by atoms with E-state index in [0.717, 1.165) is 6.07 Å². The number of halogens is 3. The molecule has 0 unspecified atom stereocenters. The fraction of sp³-hybridized carbons (Fsp3) is 0.444. The highest BCUT2D eigenvalue weighted by Crippen LogP contribution is 2.20. The van der Waals surface area contributed by atoms with E-state index in [1.807, 2.05) is 5.32 Å². The van der Waals surface area contributed by atoms with Crippen molar-refractivity contribution in [3.05, 3.63) is 17.6 Å². The molecule has 0 radical (unpaired) electrons. The minimum Gasteiger partial charge on any atom is -0.455 e. The minimum absolute atomic E-state index is 0.108. The van der Waals surface area contributed by atoms with Crippen LogP contribution in [0, 0.1) is 6.92 Å². The molecule has 0 atom stereocenters. The van der Waals surface area contributed by atoms with Gasteiger partial charge in [-0.05, 0) is 6.92 Å². The van der Waals surface area contributed by atoms with Gasteiger partial charge in [0.15, 0.2) is 5.76 Å². The zero-order chi connectivity index (χ0) is 14.8. The van der Waals surface area contributed by atoms with Crippen molar-refractivity contribution in [2.24, 2.45) is 5.14 Å². The van der Waals surface area contributed by atoms with Crippen molar-refractivity contribution in [2.45, 2.75) is 24.4 Å². The van der Waals surface area contributed by atoms with Crippen molar-refractivity contribution < 1.29 is 30.8 Å². The molecule has 0 aliphatic heterocycles. The number of alkyl halides is 3. The molecule has 1 rings (SSSR count). The molecule has 3 N–H and O–H groups in total. The quantitative estimate of drug-likeness (QED) is 0.863. The molecule has 1 aromatic heterocycles. The van der Waals surface area contributed by atoms with E-state index in [9.17, 15) is 26.4 Å². The average molecular weight is 300 g/mol. The zero-order valence-corrected chi connectivity index (χ0v) is 10.6. The topological polar surface area (TPSA) is 102 Å². The molecule has 19 heavy (non-hydrogen) atoms. The van der Waals surface area contributed by atoms with E-state index in [1.165, 1.54) is 6.92 Å². The highest BCUT2D eigenvalue weighted by atomic mass is 32.2. The number of carbonyl (C=O) groups is 1. The zero-order valence-electron chi connectivity index (χ0n) is 9.74. The Bertz CT molecular complexity index is 577. The highest BCUT2D eigenvalue weighted by Gasteiger charge is 2.27. The maximum Gasteiger partial charge on any atom is 0.390 e. The molecule has 1 heterocycles. The second-order valence-corrected chi connectivity index (χ2v) is 5.23. The lowest BCUT2D eigenvalue weighted by molar-refractivity contribution is -0.133. The number of rotatable bonds is 4. The Balaban J connectivity index is 2.74. The number of sulfonamides is 1. The molecular weight excluding hydrogens is 289 g/mol. The molecule has 6 nitrogen and oxygen atoms in total. The minimum atomic E-state index is -4.39. The standard InChI is InChI=1S/C9H11F3N2O4S/c1-5-7(19(13,16)17)4-6(18-5)8(15)14-3-2-9(10,11)12/h4H,2-3H2,1H3,(H,14,15)(H2,13,16,17). The molecule has 0 saturated heterocycles. The summed E-state index contributed by atoms with van der Waals surface area (Å²) in [7, 11) is -4.04. The van der Waals surface area contributed by atoms with Crippen LogP contribution in [0.25, 0.3) is 0 Å². The molecule has 0 bridgehead atoms. The molecule has 0 aliphatic rings. The first kappa shape index (κ1) is 15.5. The lowest BCUT2D eigenvalue weighted by Gasteiger charge is -2.06. The number of nitrogens with two attached hydrogens (primary N) is 1. The van der Waals surface area contributed by atoms with Gasteiger partial charge in [0.05, 0.1) is 6.42 Å². The molecule has 10 heteroatoms. The van der Waals surface area contributed by atoms with Crippen LogP contribution in [-0.4, -0.2) is 27.0 Å². The third-order valence-electron chi connectivity index (χ3n) is 2.10. The predicted molar refractivity (Wildman–Crippen MR) is 57.8 cm³/mol. The average Bonchev–Trinajstić information content (AvgIpc) is 2.57. The van der Waals surface area contributed by atoms with Crippen LogP contribution in [0.4, 0.5) is 13.2 Å². The summed E-state index contributed by atoms with van der Waals surface area (Å²) in [5.74, 6) is -1.46. The number of aryl methyl sites for hydroxylation is 1. The summed E-state index contributed by atoms with van der Waals surface area (Å²) in [6, 6.07) is 0.869. The molecule has 0 aliphatic carbocycles. The lowest BCUT2D eigenvalue weighted by Crippen LogP contribution is -2.27. The molecule has 0 aromatic carbocycles.